The van der Waals surface area contributed by atoms with E-state index < -0.39 is 10.9 Å². The van der Waals surface area contributed by atoms with E-state index in [0.29, 0.717) is 11.1 Å². The highest BCUT2D eigenvalue weighted by molar-refractivity contribution is 5.90. The molecule has 0 radical (unpaired) electrons. The van der Waals surface area contributed by atoms with Gasteiger partial charge in [-0.3, -0.25) is 10.1 Å². The van der Waals surface area contributed by atoms with E-state index in [1.807, 2.05) is 0 Å². The minimum absolute atomic E-state index is 0.000119. The second-order valence-corrected chi connectivity index (χ2v) is 4.56. The molecular weight excluding hydrogens is 274 g/mol. The first-order valence-corrected chi connectivity index (χ1v) is 6.16. The second kappa shape index (κ2) is 5.62. The van der Waals surface area contributed by atoms with Gasteiger partial charge >= 0.3 is 5.97 Å². The van der Waals surface area contributed by atoms with Gasteiger partial charge in [0, 0.05) is 5.56 Å². The van der Waals surface area contributed by atoms with Gasteiger partial charge in [-0.15, -0.1) is 0 Å². The Bertz CT molecular complexity index is 724. The van der Waals surface area contributed by atoms with Gasteiger partial charge in [-0.1, -0.05) is 12.1 Å². The molecule has 0 unspecified atom stereocenters. The van der Waals surface area contributed by atoms with Crippen molar-refractivity contribution in [2.45, 2.75) is 13.8 Å². The molecule has 6 heteroatoms. The number of hydrogen-bond donors (Lipinski definition) is 1. The second-order valence-electron chi connectivity index (χ2n) is 4.56. The topological polar surface area (TPSA) is 89.7 Å². The molecule has 0 heterocycles. The van der Waals surface area contributed by atoms with Gasteiger partial charge in [0.05, 0.1) is 11.0 Å². The fourth-order valence-electron chi connectivity index (χ4n) is 1.98. The van der Waals surface area contributed by atoms with E-state index in [0.717, 1.165) is 0 Å². The van der Waals surface area contributed by atoms with E-state index >= 15 is 0 Å². The van der Waals surface area contributed by atoms with Gasteiger partial charge in [-0.2, -0.15) is 0 Å². The zero-order chi connectivity index (χ0) is 15.6. The first kappa shape index (κ1) is 14.5. The zero-order valence-electron chi connectivity index (χ0n) is 11.5. The highest BCUT2D eigenvalue weighted by Crippen LogP contribution is 2.32. The standard InChI is InChI=1S/C15H13NO5/c1-9-7-10(2)14(8-12(9)16(19)20)21-13-6-4-3-5-11(13)15(17)18/h3-8H,1-2H3,(H,17,18). The van der Waals surface area contributed by atoms with Crippen LogP contribution >= 0.6 is 0 Å². The maximum atomic E-state index is 11.1. The van der Waals surface area contributed by atoms with Crippen molar-refractivity contribution in [3.8, 4) is 11.5 Å². The summed E-state index contributed by atoms with van der Waals surface area (Å²) in [7, 11) is 0. The van der Waals surface area contributed by atoms with Gasteiger partial charge in [0.2, 0.25) is 0 Å². The number of hydrogen-bond acceptors (Lipinski definition) is 4. The lowest BCUT2D eigenvalue weighted by molar-refractivity contribution is -0.385. The highest BCUT2D eigenvalue weighted by Gasteiger charge is 2.17. The van der Waals surface area contributed by atoms with Crippen LogP contribution in [-0.4, -0.2) is 16.0 Å². The molecule has 0 aliphatic carbocycles. The third-order valence-electron chi connectivity index (χ3n) is 3.03. The number of carbonyl (C=O) groups is 1. The first-order chi connectivity index (χ1) is 9.90. The summed E-state index contributed by atoms with van der Waals surface area (Å²) in [5.74, 6) is -0.711. The number of benzene rings is 2. The zero-order valence-corrected chi connectivity index (χ0v) is 11.5. The van der Waals surface area contributed by atoms with Crippen LogP contribution in [0.25, 0.3) is 0 Å². The van der Waals surface area contributed by atoms with E-state index in [1.165, 1.54) is 18.2 Å². The Morgan fingerprint density at radius 3 is 2.43 bits per heavy atom. The molecule has 0 spiro atoms. The van der Waals surface area contributed by atoms with Crippen LogP contribution in [-0.2, 0) is 0 Å². The third kappa shape index (κ3) is 3.00. The monoisotopic (exact) mass is 287 g/mol. The fraction of sp³-hybridized carbons (Fsp3) is 0.133. The van der Waals surface area contributed by atoms with Crippen LogP contribution in [0.5, 0.6) is 11.5 Å². The maximum absolute atomic E-state index is 11.1. The number of carboxylic acid groups (broad SMARTS) is 1. The number of aryl methyl sites for hydroxylation is 2. The van der Waals surface area contributed by atoms with Crippen molar-refractivity contribution < 1.29 is 19.6 Å². The predicted octanol–water partition coefficient (Wildman–Crippen LogP) is 3.70. The predicted molar refractivity (Wildman–Crippen MR) is 76.0 cm³/mol. The molecule has 2 aromatic rings. The van der Waals surface area contributed by atoms with Crippen LogP contribution in [0.15, 0.2) is 36.4 Å². The molecule has 0 atom stereocenters. The Morgan fingerprint density at radius 2 is 1.81 bits per heavy atom. The molecule has 108 valence electrons. The number of nitro benzene ring substituents is 1. The highest BCUT2D eigenvalue weighted by atomic mass is 16.6. The van der Waals surface area contributed by atoms with Gasteiger partial charge in [-0.25, -0.2) is 4.79 Å². The summed E-state index contributed by atoms with van der Waals surface area (Å²) in [4.78, 5) is 21.6. The number of rotatable bonds is 4. The lowest BCUT2D eigenvalue weighted by atomic mass is 10.1. The molecule has 0 aliphatic rings. The maximum Gasteiger partial charge on any atom is 0.339 e. The van der Waals surface area contributed by atoms with E-state index in [9.17, 15) is 14.9 Å². The van der Waals surface area contributed by atoms with Crippen LogP contribution < -0.4 is 4.74 Å². The SMILES string of the molecule is Cc1cc(C)c([N+](=O)[O-])cc1Oc1ccccc1C(=O)O. The average Bonchev–Trinajstić information content (AvgIpc) is 2.41. The first-order valence-electron chi connectivity index (χ1n) is 6.16. The molecule has 0 fully saturated rings. The van der Waals surface area contributed by atoms with Crippen molar-refractivity contribution in [2.75, 3.05) is 0 Å². The molecule has 2 rings (SSSR count). The van der Waals surface area contributed by atoms with Gasteiger partial charge < -0.3 is 9.84 Å². The van der Waals surface area contributed by atoms with Crippen molar-refractivity contribution in [2.24, 2.45) is 0 Å². The van der Waals surface area contributed by atoms with Gasteiger partial charge in [0.1, 0.15) is 17.1 Å². The van der Waals surface area contributed by atoms with Crippen LogP contribution in [0.1, 0.15) is 21.5 Å². The number of nitrogens with zero attached hydrogens (tertiary/aromatic N) is 1. The summed E-state index contributed by atoms with van der Waals surface area (Å²) in [6.07, 6.45) is 0. The molecule has 0 saturated carbocycles. The number of para-hydroxylation sites is 1. The molecule has 0 amide bonds. The molecule has 0 aliphatic heterocycles. The Labute approximate surface area is 120 Å². The Morgan fingerprint density at radius 1 is 1.14 bits per heavy atom. The molecule has 0 saturated heterocycles. The van der Waals surface area contributed by atoms with Crippen molar-refractivity contribution in [3.05, 3.63) is 63.2 Å². The average molecular weight is 287 g/mol. The Hall–Kier alpha value is -2.89. The number of nitro groups is 1. The normalized spacial score (nSPS) is 10.2. The Balaban J connectivity index is 2.47. The van der Waals surface area contributed by atoms with E-state index in [1.54, 1.807) is 32.0 Å². The van der Waals surface area contributed by atoms with Gasteiger partial charge in [0.15, 0.2) is 0 Å². The molecule has 2 aromatic carbocycles. The molecule has 6 nitrogen and oxygen atoms in total. The summed E-state index contributed by atoms with van der Waals surface area (Å²) in [5, 5.41) is 20.1. The fourth-order valence-corrected chi connectivity index (χ4v) is 1.98. The van der Waals surface area contributed by atoms with Crippen molar-refractivity contribution in [1.82, 2.24) is 0 Å². The number of ether oxygens (including phenoxy) is 1. The van der Waals surface area contributed by atoms with Gasteiger partial charge in [-0.05, 0) is 37.6 Å². The summed E-state index contributed by atoms with van der Waals surface area (Å²) >= 11 is 0. The lowest BCUT2D eigenvalue weighted by Gasteiger charge is -2.11. The van der Waals surface area contributed by atoms with Crippen LogP contribution in [0.2, 0.25) is 0 Å². The van der Waals surface area contributed by atoms with Gasteiger partial charge in [0.25, 0.3) is 5.69 Å². The Kier molecular flexibility index (Phi) is 3.89. The molecule has 21 heavy (non-hydrogen) atoms. The van der Waals surface area contributed by atoms with Crippen molar-refractivity contribution in [1.29, 1.82) is 0 Å². The van der Waals surface area contributed by atoms with Crippen molar-refractivity contribution in [3.63, 3.8) is 0 Å². The van der Waals surface area contributed by atoms with Crippen LogP contribution in [0.4, 0.5) is 5.69 Å². The van der Waals surface area contributed by atoms with E-state index in [-0.39, 0.29) is 22.7 Å². The largest absolute Gasteiger partial charge is 0.478 e. The van der Waals surface area contributed by atoms with Crippen molar-refractivity contribution >= 4 is 11.7 Å². The minimum Gasteiger partial charge on any atom is -0.478 e. The van der Waals surface area contributed by atoms with E-state index in [2.05, 4.69) is 0 Å². The molecule has 0 bridgehead atoms. The van der Waals surface area contributed by atoms with Crippen LogP contribution in [0, 0.1) is 24.0 Å². The number of aromatic carboxylic acids is 1. The minimum atomic E-state index is -1.12. The summed E-state index contributed by atoms with van der Waals surface area (Å²) in [6, 6.07) is 9.09. The quantitative estimate of drug-likeness (QED) is 0.684. The summed E-state index contributed by atoms with van der Waals surface area (Å²) in [6.45, 7) is 3.38. The molecule has 0 aromatic heterocycles. The molecular formula is C15H13NO5. The lowest BCUT2D eigenvalue weighted by Crippen LogP contribution is -2.01. The number of carboxylic acids is 1. The summed E-state index contributed by atoms with van der Waals surface area (Å²) < 4.78 is 5.56. The third-order valence-corrected chi connectivity index (χ3v) is 3.03. The van der Waals surface area contributed by atoms with E-state index in [4.69, 9.17) is 9.84 Å². The molecule has 1 N–H and O–H groups in total. The smallest absolute Gasteiger partial charge is 0.339 e. The summed E-state index contributed by atoms with van der Waals surface area (Å²) in [5.41, 5.74) is 1.15. The van der Waals surface area contributed by atoms with Crippen LogP contribution in [0.3, 0.4) is 0 Å².